The highest BCUT2D eigenvalue weighted by Gasteiger charge is 2.39. The zero-order chi connectivity index (χ0) is 19.8. The molecule has 7 heteroatoms. The molecule has 0 amide bonds. The normalized spacial score (nSPS) is 13.9. The molecule has 0 saturated carbocycles. The van der Waals surface area contributed by atoms with Gasteiger partial charge in [-0.3, -0.25) is 9.36 Å². The van der Waals surface area contributed by atoms with Crippen LogP contribution in [0.15, 0.2) is 18.2 Å². The molecule has 1 aromatic rings. The van der Waals surface area contributed by atoms with E-state index in [-0.39, 0.29) is 6.35 Å². The van der Waals surface area contributed by atoms with Crippen LogP contribution in [0, 0.1) is 0 Å². The van der Waals surface area contributed by atoms with Crippen molar-refractivity contribution in [2.45, 2.75) is 58.9 Å². The van der Waals surface area contributed by atoms with Gasteiger partial charge in [0.15, 0.2) is 0 Å². The number of aryl methyl sites for hydroxylation is 2. The maximum absolute atomic E-state index is 13.5. The first-order valence-electron chi connectivity index (χ1n) is 8.99. The molecule has 0 fully saturated rings. The topological polar surface area (TPSA) is 73.9 Å². The quantitative estimate of drug-likeness (QED) is 0.452. The molecule has 0 aliphatic rings. The van der Waals surface area contributed by atoms with Crippen LogP contribution in [0.25, 0.3) is 0 Å². The van der Waals surface area contributed by atoms with Gasteiger partial charge in [-0.2, -0.15) is 0 Å². The summed E-state index contributed by atoms with van der Waals surface area (Å²) in [6.07, 6.45) is 3.38. The van der Waals surface area contributed by atoms with E-state index in [2.05, 4.69) is 18.9 Å². The lowest BCUT2D eigenvalue weighted by Crippen LogP contribution is -2.46. The minimum absolute atomic E-state index is 0.153. The zero-order valence-electron chi connectivity index (χ0n) is 16.8. The number of ether oxygens (including phenoxy) is 2. The second-order valence-electron chi connectivity index (χ2n) is 6.82. The Labute approximate surface area is 157 Å². The summed E-state index contributed by atoms with van der Waals surface area (Å²) < 4.78 is 29.4. The van der Waals surface area contributed by atoms with E-state index in [9.17, 15) is 9.36 Å². The zero-order valence-corrected chi connectivity index (χ0v) is 17.7. The summed E-state index contributed by atoms with van der Waals surface area (Å²) >= 11 is 0. The van der Waals surface area contributed by atoms with Gasteiger partial charge >= 0.3 is 13.5 Å². The molecule has 0 aromatic heterocycles. The van der Waals surface area contributed by atoms with Crippen molar-refractivity contribution >= 4 is 13.5 Å². The second-order valence-corrected chi connectivity index (χ2v) is 8.83. The minimum atomic E-state index is -3.50. The van der Waals surface area contributed by atoms with Crippen LogP contribution in [0.3, 0.4) is 0 Å². The van der Waals surface area contributed by atoms with Crippen molar-refractivity contribution in [3.05, 3.63) is 29.3 Å². The molecule has 0 saturated heterocycles. The average Bonchev–Trinajstić information content (AvgIpc) is 2.57. The van der Waals surface area contributed by atoms with Crippen LogP contribution >= 0.6 is 7.52 Å². The summed E-state index contributed by atoms with van der Waals surface area (Å²) in [6, 6.07) is 5.97. The highest BCUT2D eigenvalue weighted by Crippen LogP contribution is 2.47. The number of benzene rings is 1. The molecule has 6 nitrogen and oxygen atoms in total. The first-order chi connectivity index (χ1) is 12.2. The van der Waals surface area contributed by atoms with E-state index in [0.717, 1.165) is 36.8 Å². The third-order valence-corrected chi connectivity index (χ3v) is 5.88. The van der Waals surface area contributed by atoms with Gasteiger partial charge in [-0.05, 0) is 37.8 Å². The van der Waals surface area contributed by atoms with Gasteiger partial charge in [0.25, 0.3) is 0 Å². The molecule has 0 heterocycles. The predicted molar refractivity (Wildman–Crippen MR) is 104 cm³/mol. The number of carbonyl (C=O) groups is 1. The lowest BCUT2D eigenvalue weighted by Gasteiger charge is -2.30. The first kappa shape index (κ1) is 22.7. The van der Waals surface area contributed by atoms with E-state index in [0.29, 0.717) is 5.75 Å². The van der Waals surface area contributed by atoms with Gasteiger partial charge < -0.3 is 14.0 Å². The standard InChI is InChI=1S/C19H32NO5P/c1-7-10-15-12-9-13-16(11-8-2)17(15)25-26(22,14-23-5)20-19(3,4)18(21)24-6/h9,12-13H,7-8,10-11,14H2,1-6H3,(H,20,22). The van der Waals surface area contributed by atoms with Crippen LogP contribution in [0.2, 0.25) is 0 Å². The van der Waals surface area contributed by atoms with Gasteiger partial charge in [0.2, 0.25) is 0 Å². The number of methoxy groups -OCH3 is 2. The van der Waals surface area contributed by atoms with Gasteiger partial charge in [-0.25, -0.2) is 5.09 Å². The Balaban J connectivity index is 3.28. The number of hydrogen-bond acceptors (Lipinski definition) is 5. The van der Waals surface area contributed by atoms with Crippen molar-refractivity contribution in [2.75, 3.05) is 20.6 Å². The summed E-state index contributed by atoms with van der Waals surface area (Å²) in [5, 5.41) is 2.84. The summed E-state index contributed by atoms with van der Waals surface area (Å²) in [5.74, 6) is 0.109. The van der Waals surface area contributed by atoms with E-state index in [1.165, 1.54) is 14.2 Å². The molecule has 0 bridgehead atoms. The maximum Gasteiger partial charge on any atom is 0.342 e. The molecular weight excluding hydrogens is 353 g/mol. The molecule has 0 aliphatic carbocycles. The van der Waals surface area contributed by atoms with E-state index in [1.807, 2.05) is 18.2 Å². The van der Waals surface area contributed by atoms with Gasteiger partial charge in [-0.15, -0.1) is 0 Å². The largest absolute Gasteiger partial charge is 0.468 e. The number of para-hydroxylation sites is 1. The SMILES string of the molecule is CCCc1cccc(CCC)c1OP(=O)(COC)NC(C)(C)C(=O)OC. The molecule has 26 heavy (non-hydrogen) atoms. The Morgan fingerprint density at radius 1 is 1.12 bits per heavy atom. The molecular formula is C19H32NO5P. The predicted octanol–water partition coefficient (Wildman–Crippen LogP) is 4.31. The second kappa shape index (κ2) is 10.1. The summed E-state index contributed by atoms with van der Waals surface area (Å²) in [7, 11) is -0.757. The number of hydrogen-bond donors (Lipinski definition) is 1. The van der Waals surface area contributed by atoms with Crippen molar-refractivity contribution in [3.8, 4) is 5.75 Å². The Kier molecular flexibility index (Phi) is 8.81. The van der Waals surface area contributed by atoms with Crippen LogP contribution in [-0.2, 0) is 31.7 Å². The molecule has 1 N–H and O–H groups in total. The lowest BCUT2D eigenvalue weighted by molar-refractivity contribution is -0.146. The van der Waals surface area contributed by atoms with Gasteiger partial charge in [0.05, 0.1) is 7.11 Å². The highest BCUT2D eigenvalue weighted by molar-refractivity contribution is 7.57. The highest BCUT2D eigenvalue weighted by atomic mass is 31.2. The van der Waals surface area contributed by atoms with Crippen LogP contribution in [0.1, 0.15) is 51.7 Å². The smallest absolute Gasteiger partial charge is 0.342 e. The third kappa shape index (κ3) is 6.11. The van der Waals surface area contributed by atoms with E-state index < -0.39 is 19.0 Å². The molecule has 148 valence electrons. The number of carbonyl (C=O) groups excluding carboxylic acids is 1. The van der Waals surface area contributed by atoms with E-state index >= 15 is 0 Å². The van der Waals surface area contributed by atoms with Crippen molar-refractivity contribution in [1.29, 1.82) is 0 Å². The minimum Gasteiger partial charge on any atom is -0.468 e. The molecule has 0 aliphatic heterocycles. The van der Waals surface area contributed by atoms with Crippen LogP contribution in [-0.4, -0.2) is 32.1 Å². The molecule has 1 aromatic carbocycles. The van der Waals surface area contributed by atoms with E-state index in [4.69, 9.17) is 14.0 Å². The summed E-state index contributed by atoms with van der Waals surface area (Å²) in [4.78, 5) is 12.0. The molecule has 1 unspecified atom stereocenters. The van der Waals surface area contributed by atoms with E-state index in [1.54, 1.807) is 13.8 Å². The summed E-state index contributed by atoms with van der Waals surface area (Å²) in [5.41, 5.74) is 0.841. The van der Waals surface area contributed by atoms with Crippen molar-refractivity contribution in [2.24, 2.45) is 0 Å². The Bertz CT molecular complexity index is 621. The lowest BCUT2D eigenvalue weighted by atomic mass is 10.0. The number of nitrogens with one attached hydrogen (secondary N) is 1. The molecule has 1 atom stereocenters. The van der Waals surface area contributed by atoms with Gasteiger partial charge in [-0.1, -0.05) is 44.9 Å². The van der Waals surface area contributed by atoms with Crippen LogP contribution in [0.5, 0.6) is 5.75 Å². The first-order valence-corrected chi connectivity index (χ1v) is 10.8. The maximum atomic E-state index is 13.5. The average molecular weight is 385 g/mol. The fourth-order valence-electron chi connectivity index (χ4n) is 2.81. The number of rotatable bonds is 11. The molecule has 0 radical (unpaired) electrons. The van der Waals surface area contributed by atoms with Crippen molar-refractivity contribution in [3.63, 3.8) is 0 Å². The third-order valence-electron chi connectivity index (χ3n) is 3.90. The fraction of sp³-hybridized carbons (Fsp3) is 0.632. The van der Waals surface area contributed by atoms with Crippen LogP contribution < -0.4 is 9.61 Å². The summed E-state index contributed by atoms with van der Waals surface area (Å²) in [6.45, 7) is 7.39. The van der Waals surface area contributed by atoms with Crippen LogP contribution in [0.4, 0.5) is 0 Å². The number of esters is 1. The van der Waals surface area contributed by atoms with Crippen molar-refractivity contribution in [1.82, 2.24) is 5.09 Å². The molecule has 0 spiro atoms. The Morgan fingerprint density at radius 2 is 1.65 bits per heavy atom. The van der Waals surface area contributed by atoms with Gasteiger partial charge in [0, 0.05) is 7.11 Å². The fourth-order valence-corrected chi connectivity index (χ4v) is 4.79. The molecule has 1 rings (SSSR count). The van der Waals surface area contributed by atoms with Gasteiger partial charge in [0.1, 0.15) is 17.6 Å². The Morgan fingerprint density at radius 3 is 2.08 bits per heavy atom. The van der Waals surface area contributed by atoms with Crippen molar-refractivity contribution < 1.29 is 23.4 Å². The Hall–Kier alpha value is -1.36. The monoisotopic (exact) mass is 385 g/mol.